The van der Waals surface area contributed by atoms with Gasteiger partial charge in [0.1, 0.15) is 0 Å². The van der Waals surface area contributed by atoms with Gasteiger partial charge in [-0.1, -0.05) is 6.07 Å². The van der Waals surface area contributed by atoms with Crippen molar-refractivity contribution in [1.29, 1.82) is 0 Å². The number of nitrogens with two attached hydrogens (primary N) is 1. The highest BCUT2D eigenvalue weighted by Gasteiger charge is 2.31. The number of aryl methyl sites for hydroxylation is 1. The van der Waals surface area contributed by atoms with Gasteiger partial charge in [-0.3, -0.25) is 4.98 Å². The lowest BCUT2D eigenvalue weighted by Gasteiger charge is -2.12. The fourth-order valence-corrected chi connectivity index (χ4v) is 1.67. The monoisotopic (exact) mass is 268 g/mol. The quantitative estimate of drug-likeness (QED) is 0.847. The van der Waals surface area contributed by atoms with Gasteiger partial charge in [0.05, 0.1) is 5.69 Å². The molecule has 0 atom stereocenters. The van der Waals surface area contributed by atoms with E-state index in [-0.39, 0.29) is 5.69 Å². The summed E-state index contributed by atoms with van der Waals surface area (Å²) in [6.45, 7) is 1.83. The number of nitrogen functional groups attached to an aromatic ring is 1. The van der Waals surface area contributed by atoms with Crippen molar-refractivity contribution in [3.63, 3.8) is 0 Å². The van der Waals surface area contributed by atoms with Crippen molar-refractivity contribution in [2.24, 2.45) is 0 Å². The lowest BCUT2D eigenvalue weighted by atomic mass is 10.1. The maximum Gasteiger partial charge on any atom is 0.573 e. The van der Waals surface area contributed by atoms with E-state index >= 15 is 0 Å². The Morgan fingerprint density at radius 2 is 1.79 bits per heavy atom. The van der Waals surface area contributed by atoms with Gasteiger partial charge in [0.15, 0.2) is 5.75 Å². The van der Waals surface area contributed by atoms with E-state index in [4.69, 9.17) is 5.73 Å². The fourth-order valence-electron chi connectivity index (χ4n) is 1.67. The zero-order chi connectivity index (χ0) is 14.0. The maximum absolute atomic E-state index is 12.1. The van der Waals surface area contributed by atoms with Gasteiger partial charge in [0.2, 0.25) is 0 Å². The average Bonchev–Trinajstić information content (AvgIpc) is 2.30. The van der Waals surface area contributed by atoms with Crippen LogP contribution in [0.2, 0.25) is 0 Å². The van der Waals surface area contributed by atoms with Crippen LogP contribution in [-0.4, -0.2) is 11.3 Å². The van der Waals surface area contributed by atoms with Crippen LogP contribution in [0.4, 0.5) is 18.9 Å². The summed E-state index contributed by atoms with van der Waals surface area (Å²) < 4.78 is 40.1. The molecular weight excluding hydrogens is 257 g/mol. The molecule has 1 aromatic carbocycles. The van der Waals surface area contributed by atoms with Gasteiger partial charge in [0.25, 0.3) is 0 Å². The van der Waals surface area contributed by atoms with Crippen LogP contribution >= 0.6 is 0 Å². The van der Waals surface area contributed by atoms with Crippen molar-refractivity contribution in [2.45, 2.75) is 13.3 Å². The van der Waals surface area contributed by atoms with Crippen LogP contribution in [0.15, 0.2) is 36.5 Å². The third kappa shape index (κ3) is 3.37. The molecule has 0 saturated heterocycles. The van der Waals surface area contributed by atoms with Crippen molar-refractivity contribution in [2.75, 3.05) is 5.73 Å². The number of alkyl halides is 3. The van der Waals surface area contributed by atoms with Crippen LogP contribution < -0.4 is 10.5 Å². The molecule has 0 aliphatic heterocycles. The van der Waals surface area contributed by atoms with Crippen LogP contribution in [0.25, 0.3) is 11.1 Å². The zero-order valence-corrected chi connectivity index (χ0v) is 10.0. The Morgan fingerprint density at radius 1 is 1.11 bits per heavy atom. The van der Waals surface area contributed by atoms with Crippen LogP contribution in [0.5, 0.6) is 5.75 Å². The fraction of sp³-hybridized carbons (Fsp3) is 0.154. The summed E-state index contributed by atoms with van der Waals surface area (Å²) in [5.74, 6) is -0.401. The van der Waals surface area contributed by atoms with Gasteiger partial charge in [0, 0.05) is 11.9 Å². The van der Waals surface area contributed by atoms with Crippen molar-refractivity contribution < 1.29 is 17.9 Å². The SMILES string of the molecule is Cc1cc(-c2ccc(OC(F)(F)F)c(N)c2)ccn1. The number of nitrogens with zero attached hydrogens (tertiary/aromatic N) is 1. The van der Waals surface area contributed by atoms with Crippen LogP contribution in [0.1, 0.15) is 5.69 Å². The average molecular weight is 268 g/mol. The van der Waals surface area contributed by atoms with E-state index in [1.54, 1.807) is 12.3 Å². The minimum absolute atomic E-state index is 0.0655. The Hall–Kier alpha value is -2.24. The molecular formula is C13H11F3N2O. The summed E-state index contributed by atoms with van der Waals surface area (Å²) in [7, 11) is 0. The predicted molar refractivity (Wildman–Crippen MR) is 65.5 cm³/mol. The second-order valence-electron chi connectivity index (χ2n) is 3.99. The van der Waals surface area contributed by atoms with E-state index in [2.05, 4.69) is 9.72 Å². The standard InChI is InChI=1S/C13H11F3N2O/c1-8-6-10(4-5-18-8)9-2-3-12(11(17)7-9)19-13(14,15)16/h2-7H,17H2,1H3. The Kier molecular flexibility index (Phi) is 3.33. The summed E-state index contributed by atoms with van der Waals surface area (Å²) in [6, 6.07) is 7.74. The molecule has 0 spiro atoms. The second kappa shape index (κ2) is 4.79. The number of pyridine rings is 1. The number of ether oxygens (including phenoxy) is 1. The number of aromatic nitrogens is 1. The molecule has 0 fully saturated rings. The topological polar surface area (TPSA) is 48.1 Å². The number of rotatable bonds is 2. The highest BCUT2D eigenvalue weighted by atomic mass is 19.4. The van der Waals surface area contributed by atoms with Gasteiger partial charge < -0.3 is 10.5 Å². The normalized spacial score (nSPS) is 11.4. The van der Waals surface area contributed by atoms with Gasteiger partial charge in [-0.05, 0) is 42.3 Å². The summed E-state index contributed by atoms with van der Waals surface area (Å²) in [4.78, 5) is 4.05. The largest absolute Gasteiger partial charge is 0.573 e. The zero-order valence-electron chi connectivity index (χ0n) is 10.0. The van der Waals surface area contributed by atoms with Crippen LogP contribution in [-0.2, 0) is 0 Å². The molecule has 0 aliphatic rings. The summed E-state index contributed by atoms with van der Waals surface area (Å²) in [5, 5.41) is 0. The van der Waals surface area contributed by atoms with E-state index < -0.39 is 12.1 Å². The molecule has 0 unspecified atom stereocenters. The molecule has 1 aromatic heterocycles. The Balaban J connectivity index is 2.34. The van der Waals surface area contributed by atoms with Gasteiger partial charge >= 0.3 is 6.36 Å². The van der Waals surface area contributed by atoms with Gasteiger partial charge in [-0.25, -0.2) is 0 Å². The number of halogens is 3. The first-order valence-electron chi connectivity index (χ1n) is 5.43. The molecule has 1 heterocycles. The first-order valence-corrected chi connectivity index (χ1v) is 5.43. The number of anilines is 1. The molecule has 0 amide bonds. The lowest BCUT2D eigenvalue weighted by Crippen LogP contribution is -2.17. The van der Waals surface area contributed by atoms with E-state index in [1.165, 1.54) is 18.2 Å². The molecule has 3 nitrogen and oxygen atoms in total. The Morgan fingerprint density at radius 3 is 2.37 bits per heavy atom. The first-order chi connectivity index (χ1) is 8.85. The smallest absolute Gasteiger partial charge is 0.404 e. The molecule has 100 valence electrons. The van der Waals surface area contributed by atoms with Crippen molar-refractivity contribution in [1.82, 2.24) is 4.98 Å². The summed E-state index contributed by atoms with van der Waals surface area (Å²) in [6.07, 6.45) is -3.12. The summed E-state index contributed by atoms with van der Waals surface area (Å²) in [5.41, 5.74) is 7.85. The molecule has 19 heavy (non-hydrogen) atoms. The highest BCUT2D eigenvalue weighted by Crippen LogP contribution is 2.32. The third-order valence-electron chi connectivity index (χ3n) is 2.47. The lowest BCUT2D eigenvalue weighted by molar-refractivity contribution is -0.274. The first kappa shape index (κ1) is 13.2. The highest BCUT2D eigenvalue weighted by molar-refractivity contribution is 5.70. The second-order valence-corrected chi connectivity index (χ2v) is 3.99. The van der Waals surface area contributed by atoms with Gasteiger partial charge in [-0.15, -0.1) is 13.2 Å². The molecule has 0 saturated carbocycles. The molecule has 6 heteroatoms. The predicted octanol–water partition coefficient (Wildman–Crippen LogP) is 3.54. The molecule has 2 rings (SSSR count). The molecule has 0 radical (unpaired) electrons. The van der Waals surface area contributed by atoms with E-state index in [1.807, 2.05) is 13.0 Å². The minimum atomic E-state index is -4.75. The molecule has 2 aromatic rings. The van der Waals surface area contributed by atoms with Crippen molar-refractivity contribution in [3.05, 3.63) is 42.2 Å². The van der Waals surface area contributed by atoms with E-state index in [0.717, 1.165) is 11.3 Å². The van der Waals surface area contributed by atoms with Gasteiger partial charge in [-0.2, -0.15) is 0 Å². The number of hydrogen-bond donors (Lipinski definition) is 1. The van der Waals surface area contributed by atoms with Crippen LogP contribution in [0, 0.1) is 6.92 Å². The molecule has 0 aliphatic carbocycles. The molecule has 2 N–H and O–H groups in total. The summed E-state index contributed by atoms with van der Waals surface area (Å²) >= 11 is 0. The number of hydrogen-bond acceptors (Lipinski definition) is 3. The number of benzene rings is 1. The third-order valence-corrected chi connectivity index (χ3v) is 2.47. The van der Waals surface area contributed by atoms with E-state index in [9.17, 15) is 13.2 Å². The van der Waals surface area contributed by atoms with Crippen molar-refractivity contribution >= 4 is 5.69 Å². The Labute approximate surface area is 107 Å². The van der Waals surface area contributed by atoms with Crippen molar-refractivity contribution in [3.8, 4) is 16.9 Å². The minimum Gasteiger partial charge on any atom is -0.404 e. The van der Waals surface area contributed by atoms with E-state index in [0.29, 0.717) is 5.56 Å². The molecule has 0 bridgehead atoms. The Bertz CT molecular complexity index is 597. The van der Waals surface area contributed by atoms with Crippen LogP contribution in [0.3, 0.4) is 0 Å². The maximum atomic E-state index is 12.1.